The van der Waals surface area contributed by atoms with Crippen molar-refractivity contribution in [3.8, 4) is 0 Å². The van der Waals surface area contributed by atoms with Crippen molar-refractivity contribution in [2.45, 2.75) is 19.4 Å². The first-order valence-electron chi connectivity index (χ1n) is 5.96. The van der Waals surface area contributed by atoms with E-state index in [1.165, 1.54) is 5.56 Å². The predicted molar refractivity (Wildman–Crippen MR) is 77.2 cm³/mol. The van der Waals surface area contributed by atoms with Gasteiger partial charge in [-0.15, -0.1) is 0 Å². The molecule has 0 spiro atoms. The summed E-state index contributed by atoms with van der Waals surface area (Å²) in [5.41, 5.74) is 7.65. The second-order valence-electron chi connectivity index (χ2n) is 4.44. The molecule has 0 saturated heterocycles. The maximum absolute atomic E-state index is 5.69. The van der Waals surface area contributed by atoms with Crippen LogP contribution >= 0.6 is 11.3 Å². The van der Waals surface area contributed by atoms with Crippen molar-refractivity contribution in [3.63, 3.8) is 0 Å². The van der Waals surface area contributed by atoms with E-state index in [9.17, 15) is 0 Å². The van der Waals surface area contributed by atoms with Crippen molar-refractivity contribution in [1.82, 2.24) is 20.2 Å². The molecule has 19 heavy (non-hydrogen) atoms. The number of hydrogen-bond acceptors (Lipinski definition) is 6. The fourth-order valence-electron chi connectivity index (χ4n) is 2.01. The average Bonchev–Trinajstić information content (AvgIpc) is 2.99. The highest BCUT2D eigenvalue weighted by molar-refractivity contribution is 7.07. The average molecular weight is 274 g/mol. The van der Waals surface area contributed by atoms with Gasteiger partial charge < -0.3 is 11.1 Å². The Morgan fingerprint density at radius 2 is 2.37 bits per heavy atom. The first-order valence-corrected chi connectivity index (χ1v) is 6.91. The zero-order valence-corrected chi connectivity index (χ0v) is 11.2. The quantitative estimate of drug-likeness (QED) is 0.677. The lowest BCUT2D eigenvalue weighted by atomic mass is 10.1. The van der Waals surface area contributed by atoms with Crippen LogP contribution < -0.4 is 11.1 Å². The maximum atomic E-state index is 5.69. The number of anilines is 2. The molecular weight excluding hydrogens is 260 g/mol. The molecule has 98 valence electrons. The molecule has 0 aliphatic carbocycles. The lowest BCUT2D eigenvalue weighted by Crippen LogP contribution is -2.19. The normalized spacial score (nSPS) is 12.7. The monoisotopic (exact) mass is 274 g/mol. The molecule has 1 unspecified atom stereocenters. The molecule has 1 atom stereocenters. The summed E-state index contributed by atoms with van der Waals surface area (Å²) in [4.78, 5) is 8.33. The number of H-pyrrole nitrogens is 1. The number of nitrogens with two attached hydrogens (primary N) is 1. The van der Waals surface area contributed by atoms with Crippen molar-refractivity contribution in [1.29, 1.82) is 0 Å². The molecule has 0 amide bonds. The number of rotatable bonds is 4. The third-order valence-electron chi connectivity index (χ3n) is 2.83. The van der Waals surface area contributed by atoms with Gasteiger partial charge in [0.2, 0.25) is 5.95 Å². The first-order chi connectivity index (χ1) is 9.22. The van der Waals surface area contributed by atoms with Crippen LogP contribution in [0, 0.1) is 0 Å². The van der Waals surface area contributed by atoms with Crippen molar-refractivity contribution < 1.29 is 0 Å². The standard InChI is InChI=1S/C12H14N6S/c1-7(4-8-2-3-19-6-8)15-10-9-5-14-18-11(9)17-12(13)16-10/h2-3,5-7H,4H2,1H3,(H4,13,14,15,16,17,18). The van der Waals surface area contributed by atoms with Crippen LogP contribution in [0.1, 0.15) is 12.5 Å². The van der Waals surface area contributed by atoms with Crippen molar-refractivity contribution in [2.75, 3.05) is 11.1 Å². The van der Waals surface area contributed by atoms with Gasteiger partial charge in [-0.1, -0.05) is 0 Å². The molecule has 6 nitrogen and oxygen atoms in total. The second kappa shape index (κ2) is 4.85. The van der Waals surface area contributed by atoms with Gasteiger partial charge in [0, 0.05) is 6.04 Å². The van der Waals surface area contributed by atoms with Crippen LogP contribution in [0.5, 0.6) is 0 Å². The zero-order valence-electron chi connectivity index (χ0n) is 10.4. The van der Waals surface area contributed by atoms with E-state index in [1.807, 2.05) is 0 Å². The van der Waals surface area contributed by atoms with E-state index in [1.54, 1.807) is 17.5 Å². The van der Waals surface area contributed by atoms with E-state index in [0.29, 0.717) is 5.65 Å². The summed E-state index contributed by atoms with van der Waals surface area (Å²) in [7, 11) is 0. The number of nitrogen functional groups attached to an aromatic ring is 1. The predicted octanol–water partition coefficient (Wildman–Crippen LogP) is 2.04. The van der Waals surface area contributed by atoms with E-state index in [4.69, 9.17) is 5.73 Å². The summed E-state index contributed by atoms with van der Waals surface area (Å²) >= 11 is 1.71. The summed E-state index contributed by atoms with van der Waals surface area (Å²) < 4.78 is 0. The molecule has 3 aromatic rings. The maximum Gasteiger partial charge on any atom is 0.224 e. The van der Waals surface area contributed by atoms with Crippen LogP contribution in [0.3, 0.4) is 0 Å². The van der Waals surface area contributed by atoms with Crippen LogP contribution in [-0.2, 0) is 6.42 Å². The van der Waals surface area contributed by atoms with Gasteiger partial charge in [-0.05, 0) is 35.7 Å². The molecule has 0 aromatic carbocycles. The van der Waals surface area contributed by atoms with Crippen LogP contribution in [0.4, 0.5) is 11.8 Å². The van der Waals surface area contributed by atoms with Crippen LogP contribution in [0.25, 0.3) is 11.0 Å². The minimum atomic E-state index is 0.238. The molecule has 3 heterocycles. The van der Waals surface area contributed by atoms with Gasteiger partial charge in [0.25, 0.3) is 0 Å². The number of fused-ring (bicyclic) bond motifs is 1. The minimum absolute atomic E-state index is 0.238. The summed E-state index contributed by atoms with van der Waals surface area (Å²) in [5.74, 6) is 0.959. The number of aromatic amines is 1. The Bertz CT molecular complexity index is 675. The molecular formula is C12H14N6S. The first kappa shape index (κ1) is 11.9. The molecule has 0 radical (unpaired) electrons. The molecule has 0 aliphatic rings. The van der Waals surface area contributed by atoms with Crippen LogP contribution in [0.2, 0.25) is 0 Å². The second-order valence-corrected chi connectivity index (χ2v) is 5.22. The van der Waals surface area contributed by atoms with E-state index < -0.39 is 0 Å². The molecule has 0 aliphatic heterocycles. The van der Waals surface area contributed by atoms with Gasteiger partial charge in [-0.3, -0.25) is 5.10 Å². The Kier molecular flexibility index (Phi) is 3.04. The highest BCUT2D eigenvalue weighted by atomic mass is 32.1. The fourth-order valence-corrected chi connectivity index (χ4v) is 2.69. The Labute approximate surface area is 114 Å². The third kappa shape index (κ3) is 2.50. The smallest absolute Gasteiger partial charge is 0.224 e. The lowest BCUT2D eigenvalue weighted by Gasteiger charge is -2.14. The van der Waals surface area contributed by atoms with E-state index in [2.05, 4.69) is 49.2 Å². The molecule has 7 heteroatoms. The SMILES string of the molecule is CC(Cc1ccsc1)Nc1nc(N)nc2[nH]ncc12. The van der Waals surface area contributed by atoms with Crippen LogP contribution in [0.15, 0.2) is 23.0 Å². The van der Waals surface area contributed by atoms with Gasteiger partial charge in [-0.2, -0.15) is 26.4 Å². The summed E-state index contributed by atoms with van der Waals surface area (Å²) in [6.07, 6.45) is 2.64. The molecule has 0 saturated carbocycles. The zero-order chi connectivity index (χ0) is 13.2. The van der Waals surface area contributed by atoms with E-state index in [-0.39, 0.29) is 12.0 Å². The topological polar surface area (TPSA) is 92.5 Å². The molecule has 0 fully saturated rings. The Morgan fingerprint density at radius 3 is 3.16 bits per heavy atom. The Morgan fingerprint density at radius 1 is 1.47 bits per heavy atom. The molecule has 4 N–H and O–H groups in total. The largest absolute Gasteiger partial charge is 0.368 e. The summed E-state index contributed by atoms with van der Waals surface area (Å²) in [5, 5.41) is 15.2. The highest BCUT2D eigenvalue weighted by Crippen LogP contribution is 2.20. The van der Waals surface area contributed by atoms with Gasteiger partial charge in [-0.25, -0.2) is 0 Å². The number of hydrogen-bond donors (Lipinski definition) is 3. The van der Waals surface area contributed by atoms with Crippen molar-refractivity contribution in [3.05, 3.63) is 28.6 Å². The molecule has 0 bridgehead atoms. The van der Waals surface area contributed by atoms with Gasteiger partial charge in [0.15, 0.2) is 5.65 Å². The van der Waals surface area contributed by atoms with Crippen molar-refractivity contribution >= 4 is 34.1 Å². The highest BCUT2D eigenvalue weighted by Gasteiger charge is 2.11. The number of thiophene rings is 1. The van der Waals surface area contributed by atoms with E-state index >= 15 is 0 Å². The number of nitrogens with one attached hydrogen (secondary N) is 2. The molecule has 3 aromatic heterocycles. The Hall–Kier alpha value is -2.15. The van der Waals surface area contributed by atoms with Gasteiger partial charge in [0.1, 0.15) is 5.82 Å². The third-order valence-corrected chi connectivity index (χ3v) is 3.56. The van der Waals surface area contributed by atoms with Crippen molar-refractivity contribution in [2.24, 2.45) is 0 Å². The number of aromatic nitrogens is 4. The minimum Gasteiger partial charge on any atom is -0.368 e. The fraction of sp³-hybridized carbons (Fsp3) is 0.250. The summed E-state index contributed by atoms with van der Waals surface area (Å²) in [6, 6.07) is 2.38. The number of nitrogens with zero attached hydrogens (tertiary/aromatic N) is 3. The molecule has 3 rings (SSSR count). The van der Waals surface area contributed by atoms with Gasteiger partial charge in [0.05, 0.1) is 11.6 Å². The Balaban J connectivity index is 1.82. The van der Waals surface area contributed by atoms with Gasteiger partial charge >= 0.3 is 0 Å². The van der Waals surface area contributed by atoms with E-state index in [0.717, 1.165) is 17.6 Å². The lowest BCUT2D eigenvalue weighted by molar-refractivity contribution is 0.788. The van der Waals surface area contributed by atoms with Crippen LogP contribution in [-0.4, -0.2) is 26.2 Å². The summed E-state index contributed by atoms with van der Waals surface area (Å²) in [6.45, 7) is 2.11.